The second kappa shape index (κ2) is 7.02. The Balaban J connectivity index is 1.73. The predicted octanol–water partition coefficient (Wildman–Crippen LogP) is 1.72. The number of hydrogen-bond acceptors (Lipinski definition) is 4. The molecule has 112 valence electrons. The van der Waals surface area contributed by atoms with E-state index in [1.165, 1.54) is 6.07 Å². The van der Waals surface area contributed by atoms with Crippen molar-refractivity contribution in [3.8, 4) is 5.75 Å². The Morgan fingerprint density at radius 1 is 1.40 bits per heavy atom. The molecular weight excluding hydrogens is 261 g/mol. The molecule has 1 aliphatic heterocycles. The number of nitrogens with one attached hydrogen (secondary N) is 1. The molecule has 1 fully saturated rings. The van der Waals surface area contributed by atoms with Crippen molar-refractivity contribution in [2.45, 2.75) is 31.4 Å². The van der Waals surface area contributed by atoms with E-state index < -0.39 is 11.9 Å². The van der Waals surface area contributed by atoms with Gasteiger partial charge in [-0.2, -0.15) is 0 Å². The first-order valence-electron chi connectivity index (χ1n) is 6.97. The number of para-hydroxylation sites is 1. The van der Waals surface area contributed by atoms with Gasteiger partial charge < -0.3 is 19.9 Å². The Morgan fingerprint density at radius 2 is 2.10 bits per heavy atom. The van der Waals surface area contributed by atoms with Gasteiger partial charge in [0.2, 0.25) is 0 Å². The minimum Gasteiger partial charge on any atom is -0.488 e. The zero-order valence-corrected chi connectivity index (χ0v) is 11.8. The van der Waals surface area contributed by atoms with Crippen molar-refractivity contribution >= 4 is 0 Å². The Morgan fingerprint density at radius 3 is 2.80 bits per heavy atom. The van der Waals surface area contributed by atoms with Crippen LogP contribution < -0.4 is 10.1 Å². The van der Waals surface area contributed by atoms with Gasteiger partial charge in [-0.15, -0.1) is 0 Å². The lowest BCUT2D eigenvalue weighted by molar-refractivity contribution is 0.0340. The molecule has 2 N–H and O–H groups in total. The van der Waals surface area contributed by atoms with Gasteiger partial charge in [0, 0.05) is 25.3 Å². The van der Waals surface area contributed by atoms with Crippen LogP contribution >= 0.6 is 0 Å². The summed E-state index contributed by atoms with van der Waals surface area (Å²) in [5, 5.41) is 13.3. The summed E-state index contributed by atoms with van der Waals surface area (Å²) in [6.07, 6.45) is 1.18. The largest absolute Gasteiger partial charge is 0.488 e. The molecular formula is C15H22FNO3. The third-order valence-corrected chi connectivity index (χ3v) is 3.63. The topological polar surface area (TPSA) is 50.7 Å². The van der Waals surface area contributed by atoms with Crippen molar-refractivity contribution in [3.63, 3.8) is 0 Å². The van der Waals surface area contributed by atoms with Gasteiger partial charge in [-0.05, 0) is 31.9 Å². The smallest absolute Gasteiger partial charge is 0.165 e. The highest BCUT2D eigenvalue weighted by Gasteiger charge is 2.27. The van der Waals surface area contributed by atoms with Crippen LogP contribution in [0.25, 0.3) is 0 Å². The first-order chi connectivity index (χ1) is 9.59. The van der Waals surface area contributed by atoms with Gasteiger partial charge in [-0.25, -0.2) is 4.39 Å². The second-order valence-corrected chi connectivity index (χ2v) is 5.45. The Hall–Kier alpha value is -1.17. The van der Waals surface area contributed by atoms with Gasteiger partial charge >= 0.3 is 0 Å². The number of halogens is 1. The summed E-state index contributed by atoms with van der Waals surface area (Å²) in [5.41, 5.74) is -0.00275. The SMILES string of the molecule is CC1(NCC(O)COc2ccccc2F)CCOCC1. The zero-order valence-electron chi connectivity index (χ0n) is 11.8. The van der Waals surface area contributed by atoms with Crippen LogP contribution in [-0.4, -0.2) is 43.1 Å². The molecule has 1 aromatic rings. The Labute approximate surface area is 118 Å². The maximum atomic E-state index is 13.3. The van der Waals surface area contributed by atoms with Gasteiger partial charge in [-0.3, -0.25) is 0 Å². The predicted molar refractivity (Wildman–Crippen MR) is 74.4 cm³/mol. The molecule has 20 heavy (non-hydrogen) atoms. The van der Waals surface area contributed by atoms with Crippen LogP contribution in [-0.2, 0) is 4.74 Å². The number of aliphatic hydroxyl groups is 1. The number of β-amino-alcohol motifs (C(OH)–C–C–N with tert-alkyl or cyclic N) is 1. The maximum absolute atomic E-state index is 13.3. The fourth-order valence-electron chi connectivity index (χ4n) is 2.17. The second-order valence-electron chi connectivity index (χ2n) is 5.45. The first-order valence-corrected chi connectivity index (χ1v) is 6.97. The van der Waals surface area contributed by atoms with E-state index in [4.69, 9.17) is 9.47 Å². The van der Waals surface area contributed by atoms with Crippen molar-refractivity contribution in [2.24, 2.45) is 0 Å². The van der Waals surface area contributed by atoms with Crippen LogP contribution in [0.2, 0.25) is 0 Å². The van der Waals surface area contributed by atoms with Gasteiger partial charge in [-0.1, -0.05) is 12.1 Å². The average Bonchev–Trinajstić information content (AvgIpc) is 2.45. The molecule has 0 spiro atoms. The van der Waals surface area contributed by atoms with Crippen LogP contribution in [0.4, 0.5) is 4.39 Å². The molecule has 4 nitrogen and oxygen atoms in total. The highest BCUT2D eigenvalue weighted by atomic mass is 19.1. The van der Waals surface area contributed by atoms with E-state index in [-0.39, 0.29) is 17.9 Å². The molecule has 1 aromatic carbocycles. The summed E-state index contributed by atoms with van der Waals surface area (Å²) >= 11 is 0. The van der Waals surface area contributed by atoms with E-state index in [0.717, 1.165) is 26.1 Å². The van der Waals surface area contributed by atoms with Gasteiger partial charge in [0.05, 0.1) is 0 Å². The molecule has 0 radical (unpaired) electrons. The third kappa shape index (κ3) is 4.44. The number of aliphatic hydroxyl groups excluding tert-OH is 1. The van der Waals surface area contributed by atoms with Crippen molar-refractivity contribution in [3.05, 3.63) is 30.1 Å². The average molecular weight is 283 g/mol. The minimum absolute atomic E-state index is 0.00275. The van der Waals surface area contributed by atoms with E-state index in [9.17, 15) is 9.50 Å². The minimum atomic E-state index is -0.672. The highest BCUT2D eigenvalue weighted by molar-refractivity contribution is 5.23. The summed E-state index contributed by atoms with van der Waals surface area (Å²) in [5.74, 6) is -0.243. The van der Waals surface area contributed by atoms with Gasteiger partial charge in [0.25, 0.3) is 0 Å². The van der Waals surface area contributed by atoms with Gasteiger partial charge in [0.15, 0.2) is 11.6 Å². The summed E-state index contributed by atoms with van der Waals surface area (Å²) in [6, 6.07) is 6.19. The van der Waals surface area contributed by atoms with Crippen molar-refractivity contribution in [1.82, 2.24) is 5.32 Å². The monoisotopic (exact) mass is 283 g/mol. The van der Waals surface area contributed by atoms with Gasteiger partial charge in [0.1, 0.15) is 12.7 Å². The molecule has 0 saturated carbocycles. The maximum Gasteiger partial charge on any atom is 0.165 e. The van der Waals surface area contributed by atoms with Crippen molar-refractivity contribution < 1.29 is 19.0 Å². The van der Waals surface area contributed by atoms with E-state index in [1.807, 2.05) is 0 Å². The molecule has 0 bridgehead atoms. The number of rotatable bonds is 6. The van der Waals surface area contributed by atoms with Crippen molar-refractivity contribution in [1.29, 1.82) is 0 Å². The molecule has 0 aromatic heterocycles. The van der Waals surface area contributed by atoms with E-state index in [2.05, 4.69) is 12.2 Å². The number of ether oxygens (including phenoxy) is 2. The molecule has 1 unspecified atom stereocenters. The Kier molecular flexibility index (Phi) is 5.34. The molecule has 0 aliphatic carbocycles. The molecule has 1 heterocycles. The molecule has 1 saturated heterocycles. The highest BCUT2D eigenvalue weighted by Crippen LogP contribution is 2.19. The Bertz CT molecular complexity index is 421. The molecule has 1 aliphatic rings. The fourth-order valence-corrected chi connectivity index (χ4v) is 2.17. The summed E-state index contributed by atoms with van der Waals surface area (Å²) in [6.45, 7) is 4.10. The molecule has 5 heteroatoms. The van der Waals surface area contributed by atoms with Crippen LogP contribution in [0, 0.1) is 5.82 Å². The lowest BCUT2D eigenvalue weighted by Gasteiger charge is -2.35. The number of hydrogen-bond donors (Lipinski definition) is 2. The lowest BCUT2D eigenvalue weighted by Crippen LogP contribution is -2.50. The first kappa shape index (κ1) is 15.2. The van der Waals surface area contributed by atoms with E-state index >= 15 is 0 Å². The normalized spacial score (nSPS) is 19.6. The lowest BCUT2D eigenvalue weighted by atomic mass is 9.92. The summed E-state index contributed by atoms with van der Waals surface area (Å²) in [7, 11) is 0. The standard InChI is InChI=1S/C15H22FNO3/c1-15(6-8-19-9-7-15)17-10-12(18)11-20-14-5-3-2-4-13(14)16/h2-5,12,17-18H,6-11H2,1H3. The van der Waals surface area contributed by atoms with Crippen LogP contribution in [0.1, 0.15) is 19.8 Å². The fraction of sp³-hybridized carbons (Fsp3) is 0.600. The quantitative estimate of drug-likeness (QED) is 0.835. The summed E-state index contributed by atoms with van der Waals surface area (Å²) < 4.78 is 23.9. The number of benzene rings is 1. The van der Waals surface area contributed by atoms with Crippen LogP contribution in [0.15, 0.2) is 24.3 Å². The van der Waals surface area contributed by atoms with Crippen LogP contribution in [0.3, 0.4) is 0 Å². The van der Waals surface area contributed by atoms with Crippen LogP contribution in [0.5, 0.6) is 5.75 Å². The van der Waals surface area contributed by atoms with E-state index in [0.29, 0.717) is 6.54 Å². The zero-order chi connectivity index (χ0) is 14.4. The summed E-state index contributed by atoms with van der Waals surface area (Å²) in [4.78, 5) is 0. The van der Waals surface area contributed by atoms with E-state index in [1.54, 1.807) is 18.2 Å². The molecule has 1 atom stereocenters. The molecule has 0 amide bonds. The van der Waals surface area contributed by atoms with Crippen molar-refractivity contribution in [2.75, 3.05) is 26.4 Å². The molecule has 2 rings (SSSR count). The third-order valence-electron chi connectivity index (χ3n) is 3.63.